The van der Waals surface area contributed by atoms with Crippen molar-refractivity contribution in [3.63, 3.8) is 0 Å². The molecule has 1 fully saturated rings. The van der Waals surface area contributed by atoms with Crippen LogP contribution in [0.4, 0.5) is 0 Å². The van der Waals surface area contributed by atoms with Crippen molar-refractivity contribution in [2.45, 2.75) is 38.6 Å². The van der Waals surface area contributed by atoms with Crippen LogP contribution in [0, 0.1) is 5.92 Å². The third-order valence-corrected chi connectivity index (χ3v) is 4.42. The molecule has 0 aliphatic heterocycles. The Morgan fingerprint density at radius 2 is 2.16 bits per heavy atom. The van der Waals surface area contributed by atoms with Gasteiger partial charge in [0.15, 0.2) is 0 Å². The van der Waals surface area contributed by atoms with E-state index in [2.05, 4.69) is 4.98 Å². The van der Waals surface area contributed by atoms with Crippen molar-refractivity contribution in [2.24, 2.45) is 11.7 Å². The molecule has 0 atom stereocenters. The third-order valence-electron chi connectivity index (χ3n) is 3.55. The van der Waals surface area contributed by atoms with Gasteiger partial charge in [0.25, 0.3) is 5.91 Å². The Labute approximate surface area is 124 Å². The van der Waals surface area contributed by atoms with Gasteiger partial charge in [0.05, 0.1) is 0 Å². The molecule has 19 heavy (non-hydrogen) atoms. The number of carbonyl (C=O) groups is 1. The third kappa shape index (κ3) is 4.44. The van der Waals surface area contributed by atoms with E-state index in [4.69, 9.17) is 5.73 Å². The SMILES string of the molecule is CN(CC1CCCCC1)C(=O)c1csc(CN)n1.Cl. The number of nitrogens with zero attached hydrogens (tertiary/aromatic N) is 2. The highest BCUT2D eigenvalue weighted by atomic mass is 35.5. The predicted molar refractivity (Wildman–Crippen MR) is 80.8 cm³/mol. The van der Waals surface area contributed by atoms with Gasteiger partial charge in [-0.1, -0.05) is 19.3 Å². The summed E-state index contributed by atoms with van der Waals surface area (Å²) in [6.07, 6.45) is 6.47. The van der Waals surface area contributed by atoms with E-state index in [-0.39, 0.29) is 18.3 Å². The average Bonchev–Trinajstić information content (AvgIpc) is 2.87. The molecule has 0 spiro atoms. The summed E-state index contributed by atoms with van der Waals surface area (Å²) in [5, 5.41) is 2.63. The van der Waals surface area contributed by atoms with Crippen LogP contribution in [0.25, 0.3) is 0 Å². The normalized spacial score (nSPS) is 15.9. The maximum atomic E-state index is 12.2. The van der Waals surface area contributed by atoms with Crippen LogP contribution in [0.5, 0.6) is 0 Å². The molecule has 0 bridgehead atoms. The highest BCUT2D eigenvalue weighted by Crippen LogP contribution is 2.24. The van der Waals surface area contributed by atoms with Gasteiger partial charge >= 0.3 is 0 Å². The first-order valence-corrected chi connectivity index (χ1v) is 7.48. The van der Waals surface area contributed by atoms with Crippen molar-refractivity contribution < 1.29 is 4.79 Å². The molecule has 0 unspecified atom stereocenters. The van der Waals surface area contributed by atoms with Crippen molar-refractivity contribution in [3.05, 3.63) is 16.1 Å². The molecule has 1 saturated carbocycles. The number of amides is 1. The van der Waals surface area contributed by atoms with E-state index in [1.165, 1.54) is 43.4 Å². The van der Waals surface area contributed by atoms with Crippen LogP contribution in [-0.2, 0) is 6.54 Å². The van der Waals surface area contributed by atoms with Crippen LogP contribution in [0.3, 0.4) is 0 Å². The zero-order chi connectivity index (χ0) is 13.0. The van der Waals surface area contributed by atoms with Gasteiger partial charge in [-0.25, -0.2) is 4.98 Å². The number of aromatic nitrogens is 1. The fourth-order valence-electron chi connectivity index (χ4n) is 2.54. The van der Waals surface area contributed by atoms with Crippen molar-refractivity contribution in [1.82, 2.24) is 9.88 Å². The zero-order valence-electron chi connectivity index (χ0n) is 11.3. The van der Waals surface area contributed by atoms with Crippen LogP contribution in [0.15, 0.2) is 5.38 Å². The second-order valence-corrected chi connectivity index (χ2v) is 5.96. The lowest BCUT2D eigenvalue weighted by molar-refractivity contribution is 0.0755. The van der Waals surface area contributed by atoms with E-state index in [1.54, 1.807) is 0 Å². The van der Waals surface area contributed by atoms with E-state index >= 15 is 0 Å². The summed E-state index contributed by atoms with van der Waals surface area (Å²) in [7, 11) is 1.87. The van der Waals surface area contributed by atoms with E-state index in [0.29, 0.717) is 18.2 Å². The number of thiazole rings is 1. The maximum Gasteiger partial charge on any atom is 0.273 e. The van der Waals surface area contributed by atoms with Crippen molar-refractivity contribution >= 4 is 29.7 Å². The number of nitrogens with two attached hydrogens (primary N) is 1. The molecule has 1 aliphatic carbocycles. The van der Waals surface area contributed by atoms with Gasteiger partial charge in [-0.15, -0.1) is 23.7 Å². The van der Waals surface area contributed by atoms with Gasteiger partial charge in [0.1, 0.15) is 10.7 Å². The summed E-state index contributed by atoms with van der Waals surface area (Å²) >= 11 is 1.46. The zero-order valence-corrected chi connectivity index (χ0v) is 12.9. The minimum Gasteiger partial charge on any atom is -0.340 e. The first-order chi connectivity index (χ1) is 8.70. The Morgan fingerprint density at radius 3 is 2.74 bits per heavy atom. The van der Waals surface area contributed by atoms with Gasteiger partial charge < -0.3 is 10.6 Å². The van der Waals surface area contributed by atoms with Crippen LogP contribution >= 0.6 is 23.7 Å². The molecule has 4 nitrogen and oxygen atoms in total. The molecule has 0 aromatic carbocycles. The fraction of sp³-hybridized carbons (Fsp3) is 0.692. The highest BCUT2D eigenvalue weighted by Gasteiger charge is 2.20. The fourth-order valence-corrected chi connectivity index (χ4v) is 3.19. The van der Waals surface area contributed by atoms with Gasteiger partial charge in [-0.2, -0.15) is 0 Å². The second kappa shape index (κ2) is 7.82. The number of rotatable bonds is 4. The molecule has 1 aliphatic rings. The quantitative estimate of drug-likeness (QED) is 0.930. The number of hydrogen-bond donors (Lipinski definition) is 1. The summed E-state index contributed by atoms with van der Waals surface area (Å²) < 4.78 is 0. The molecular formula is C13H22ClN3OS. The van der Waals surface area contributed by atoms with Crippen molar-refractivity contribution in [3.8, 4) is 0 Å². The summed E-state index contributed by atoms with van der Waals surface area (Å²) in [5.41, 5.74) is 6.05. The lowest BCUT2D eigenvalue weighted by atomic mass is 9.89. The van der Waals surface area contributed by atoms with Gasteiger partial charge in [-0.05, 0) is 18.8 Å². The van der Waals surface area contributed by atoms with Crippen LogP contribution < -0.4 is 5.73 Å². The van der Waals surface area contributed by atoms with E-state index in [0.717, 1.165) is 11.6 Å². The Bertz CT molecular complexity index is 404. The van der Waals surface area contributed by atoms with E-state index < -0.39 is 0 Å². The summed E-state index contributed by atoms with van der Waals surface area (Å²) in [5.74, 6) is 0.692. The first kappa shape index (κ1) is 16.4. The molecule has 1 aromatic rings. The molecule has 2 rings (SSSR count). The van der Waals surface area contributed by atoms with Crippen molar-refractivity contribution in [2.75, 3.05) is 13.6 Å². The monoisotopic (exact) mass is 303 g/mol. The van der Waals surface area contributed by atoms with Crippen molar-refractivity contribution in [1.29, 1.82) is 0 Å². The lowest BCUT2D eigenvalue weighted by Crippen LogP contribution is -2.32. The molecule has 1 aromatic heterocycles. The maximum absolute atomic E-state index is 12.2. The van der Waals surface area contributed by atoms with Crippen LogP contribution in [0.1, 0.15) is 47.6 Å². The average molecular weight is 304 g/mol. The van der Waals surface area contributed by atoms with Gasteiger partial charge in [-0.3, -0.25) is 4.79 Å². The van der Waals surface area contributed by atoms with E-state index in [9.17, 15) is 4.79 Å². The molecule has 6 heteroatoms. The Balaban J connectivity index is 0.00000180. The van der Waals surface area contributed by atoms with Crippen LogP contribution in [-0.4, -0.2) is 29.4 Å². The second-order valence-electron chi connectivity index (χ2n) is 5.02. The number of halogens is 1. The van der Waals surface area contributed by atoms with Crippen LogP contribution in [0.2, 0.25) is 0 Å². The predicted octanol–water partition coefficient (Wildman–Crippen LogP) is 2.68. The largest absolute Gasteiger partial charge is 0.340 e. The molecule has 1 amide bonds. The molecule has 0 saturated heterocycles. The summed E-state index contributed by atoms with van der Waals surface area (Å²) in [6, 6.07) is 0. The summed E-state index contributed by atoms with van der Waals surface area (Å²) in [4.78, 5) is 18.2. The number of hydrogen-bond acceptors (Lipinski definition) is 4. The first-order valence-electron chi connectivity index (χ1n) is 6.60. The Hall–Kier alpha value is -0.650. The van der Waals surface area contributed by atoms with Gasteiger partial charge in [0.2, 0.25) is 0 Å². The molecule has 1 heterocycles. The topological polar surface area (TPSA) is 59.2 Å². The minimum atomic E-state index is 0. The smallest absolute Gasteiger partial charge is 0.273 e. The standard InChI is InChI=1S/C13H21N3OS.ClH/c1-16(8-10-5-3-2-4-6-10)13(17)11-9-18-12(7-14)15-11;/h9-10H,2-8,14H2,1H3;1H. The lowest BCUT2D eigenvalue weighted by Gasteiger charge is -2.26. The summed E-state index contributed by atoms with van der Waals surface area (Å²) in [6.45, 7) is 1.26. The molecule has 2 N–H and O–H groups in total. The number of carbonyl (C=O) groups excluding carboxylic acids is 1. The highest BCUT2D eigenvalue weighted by molar-refractivity contribution is 7.09. The minimum absolute atomic E-state index is 0. The Kier molecular flexibility index (Phi) is 6.75. The molecule has 108 valence electrons. The molecular weight excluding hydrogens is 282 g/mol. The molecule has 0 radical (unpaired) electrons. The van der Waals surface area contributed by atoms with Gasteiger partial charge in [0, 0.05) is 25.5 Å². The van der Waals surface area contributed by atoms with E-state index in [1.807, 2.05) is 17.3 Å². The Morgan fingerprint density at radius 1 is 1.47 bits per heavy atom.